The summed E-state index contributed by atoms with van der Waals surface area (Å²) in [4.78, 5) is 28.2. The first-order valence-electron chi connectivity index (χ1n) is 7.65. The van der Waals surface area contributed by atoms with E-state index >= 15 is 0 Å². The van der Waals surface area contributed by atoms with Gasteiger partial charge in [0.25, 0.3) is 5.91 Å². The fourth-order valence-electron chi connectivity index (χ4n) is 2.31. The maximum atomic E-state index is 12.4. The smallest absolute Gasteiger partial charge is 0.253 e. The summed E-state index contributed by atoms with van der Waals surface area (Å²) >= 11 is 0. The lowest BCUT2D eigenvalue weighted by atomic mass is 10.1. The standard InChI is InChI=1S/C16H24N4O2/c1-3-14(17)15(21)18-13-6-4-12(5-7-13)16(22)20-10-8-19(2)9-11-20/h4-7,14H,3,8-11,17H2,1-2H3,(H,18,21)/t14-/m0/s1. The van der Waals surface area contributed by atoms with Crippen LogP contribution in [0, 0.1) is 0 Å². The van der Waals surface area contributed by atoms with Crippen LogP contribution in [0.1, 0.15) is 23.7 Å². The molecule has 1 aliphatic heterocycles. The number of carbonyl (C=O) groups excluding carboxylic acids is 2. The molecular weight excluding hydrogens is 280 g/mol. The molecule has 1 saturated heterocycles. The predicted molar refractivity (Wildman–Crippen MR) is 86.7 cm³/mol. The summed E-state index contributed by atoms with van der Waals surface area (Å²) in [5.41, 5.74) is 6.97. The van der Waals surface area contributed by atoms with Gasteiger partial charge in [-0.05, 0) is 37.7 Å². The number of nitrogens with one attached hydrogen (secondary N) is 1. The van der Waals surface area contributed by atoms with E-state index < -0.39 is 6.04 Å². The first-order chi connectivity index (χ1) is 10.5. The highest BCUT2D eigenvalue weighted by molar-refractivity contribution is 5.97. The van der Waals surface area contributed by atoms with Crippen LogP contribution in [0.4, 0.5) is 5.69 Å². The highest BCUT2D eigenvalue weighted by atomic mass is 16.2. The molecule has 1 aliphatic rings. The number of rotatable bonds is 4. The molecule has 1 heterocycles. The largest absolute Gasteiger partial charge is 0.336 e. The molecule has 2 amide bonds. The number of hydrogen-bond acceptors (Lipinski definition) is 4. The Hall–Kier alpha value is -1.92. The van der Waals surface area contributed by atoms with Crippen molar-refractivity contribution in [2.24, 2.45) is 5.73 Å². The lowest BCUT2D eigenvalue weighted by Crippen LogP contribution is -2.47. The van der Waals surface area contributed by atoms with E-state index in [0.29, 0.717) is 17.7 Å². The minimum Gasteiger partial charge on any atom is -0.336 e. The first-order valence-corrected chi connectivity index (χ1v) is 7.65. The van der Waals surface area contributed by atoms with Gasteiger partial charge in [-0.25, -0.2) is 0 Å². The van der Waals surface area contributed by atoms with Gasteiger partial charge in [-0.2, -0.15) is 0 Å². The molecule has 2 rings (SSSR count). The van der Waals surface area contributed by atoms with Crippen molar-refractivity contribution in [1.82, 2.24) is 9.80 Å². The number of nitrogens with zero attached hydrogens (tertiary/aromatic N) is 2. The fraction of sp³-hybridized carbons (Fsp3) is 0.500. The molecule has 1 atom stereocenters. The molecule has 0 unspecified atom stereocenters. The summed E-state index contributed by atoms with van der Waals surface area (Å²) in [6, 6.07) is 6.46. The average molecular weight is 304 g/mol. The van der Waals surface area contributed by atoms with Crippen molar-refractivity contribution in [1.29, 1.82) is 0 Å². The van der Waals surface area contributed by atoms with E-state index in [2.05, 4.69) is 17.3 Å². The maximum absolute atomic E-state index is 12.4. The molecule has 22 heavy (non-hydrogen) atoms. The van der Waals surface area contributed by atoms with Crippen molar-refractivity contribution in [3.05, 3.63) is 29.8 Å². The molecule has 6 heteroatoms. The topological polar surface area (TPSA) is 78.7 Å². The highest BCUT2D eigenvalue weighted by Crippen LogP contribution is 2.13. The number of piperazine rings is 1. The zero-order chi connectivity index (χ0) is 16.1. The van der Waals surface area contributed by atoms with Crippen LogP contribution in [-0.2, 0) is 4.79 Å². The van der Waals surface area contributed by atoms with E-state index in [0.717, 1.165) is 26.2 Å². The lowest BCUT2D eigenvalue weighted by molar-refractivity contribution is -0.117. The Morgan fingerprint density at radius 3 is 2.32 bits per heavy atom. The maximum Gasteiger partial charge on any atom is 0.253 e. The molecule has 120 valence electrons. The average Bonchev–Trinajstić information content (AvgIpc) is 2.54. The second kappa shape index (κ2) is 7.38. The molecule has 1 aromatic rings. The number of benzene rings is 1. The number of anilines is 1. The molecule has 3 N–H and O–H groups in total. The van der Waals surface area contributed by atoms with Crippen molar-refractivity contribution in [2.75, 3.05) is 38.5 Å². The van der Waals surface area contributed by atoms with Crippen molar-refractivity contribution in [3.63, 3.8) is 0 Å². The van der Waals surface area contributed by atoms with Gasteiger partial charge in [0.05, 0.1) is 6.04 Å². The third kappa shape index (κ3) is 4.05. The zero-order valence-electron chi connectivity index (χ0n) is 13.2. The number of hydrogen-bond donors (Lipinski definition) is 2. The van der Waals surface area contributed by atoms with E-state index in [1.807, 2.05) is 11.8 Å². The summed E-state index contributed by atoms with van der Waals surface area (Å²) in [6.07, 6.45) is 0.589. The van der Waals surface area contributed by atoms with Gasteiger partial charge in [-0.1, -0.05) is 6.92 Å². The molecule has 1 fully saturated rings. The van der Waals surface area contributed by atoms with Crippen LogP contribution in [0.3, 0.4) is 0 Å². The van der Waals surface area contributed by atoms with Crippen LogP contribution in [0.15, 0.2) is 24.3 Å². The Balaban J connectivity index is 1.96. The van der Waals surface area contributed by atoms with Crippen LogP contribution >= 0.6 is 0 Å². The van der Waals surface area contributed by atoms with Gasteiger partial charge in [0.2, 0.25) is 5.91 Å². The second-order valence-electron chi connectivity index (χ2n) is 5.68. The molecule has 0 radical (unpaired) electrons. The SMILES string of the molecule is CC[C@H](N)C(=O)Nc1ccc(C(=O)N2CCN(C)CC2)cc1. The van der Waals surface area contributed by atoms with Crippen molar-refractivity contribution in [3.8, 4) is 0 Å². The molecule has 6 nitrogen and oxygen atoms in total. The second-order valence-corrected chi connectivity index (χ2v) is 5.68. The quantitative estimate of drug-likeness (QED) is 0.860. The fourth-order valence-corrected chi connectivity index (χ4v) is 2.31. The monoisotopic (exact) mass is 304 g/mol. The Morgan fingerprint density at radius 1 is 1.18 bits per heavy atom. The van der Waals surface area contributed by atoms with E-state index in [1.54, 1.807) is 24.3 Å². The minimum atomic E-state index is -0.508. The van der Waals surface area contributed by atoms with Crippen LogP contribution in [0.2, 0.25) is 0 Å². The van der Waals surface area contributed by atoms with Crippen LogP contribution in [0.5, 0.6) is 0 Å². The molecule has 0 bridgehead atoms. The first kappa shape index (κ1) is 16.5. The van der Waals surface area contributed by atoms with Crippen LogP contribution in [0.25, 0.3) is 0 Å². The van der Waals surface area contributed by atoms with Crippen LogP contribution in [-0.4, -0.2) is 60.9 Å². The van der Waals surface area contributed by atoms with E-state index in [4.69, 9.17) is 5.73 Å². The third-order valence-electron chi connectivity index (χ3n) is 3.97. The molecule has 1 aromatic carbocycles. The third-order valence-corrected chi connectivity index (χ3v) is 3.97. The Morgan fingerprint density at radius 2 is 1.77 bits per heavy atom. The van der Waals surface area contributed by atoms with Gasteiger partial charge in [0.15, 0.2) is 0 Å². The predicted octanol–water partition coefficient (Wildman–Crippen LogP) is 0.750. The van der Waals surface area contributed by atoms with E-state index in [-0.39, 0.29) is 11.8 Å². The summed E-state index contributed by atoms with van der Waals surface area (Å²) in [5.74, 6) is -0.170. The van der Waals surface area contributed by atoms with Gasteiger partial charge in [0, 0.05) is 37.4 Å². The number of nitrogens with two attached hydrogens (primary N) is 1. The Bertz CT molecular complexity index is 521. The Labute approximate surface area is 131 Å². The summed E-state index contributed by atoms with van der Waals surface area (Å²) in [5, 5.41) is 2.75. The van der Waals surface area contributed by atoms with E-state index in [1.165, 1.54) is 0 Å². The lowest BCUT2D eigenvalue weighted by Gasteiger charge is -2.32. The summed E-state index contributed by atoms with van der Waals surface area (Å²) < 4.78 is 0. The highest BCUT2D eigenvalue weighted by Gasteiger charge is 2.20. The van der Waals surface area contributed by atoms with Crippen molar-refractivity contribution < 1.29 is 9.59 Å². The molecule has 0 saturated carbocycles. The summed E-state index contributed by atoms with van der Waals surface area (Å²) in [6.45, 7) is 5.16. The van der Waals surface area contributed by atoms with E-state index in [9.17, 15) is 9.59 Å². The molecule has 0 aliphatic carbocycles. The minimum absolute atomic E-state index is 0.0382. The van der Waals surface area contributed by atoms with Gasteiger partial charge < -0.3 is 20.9 Å². The zero-order valence-corrected chi connectivity index (χ0v) is 13.2. The summed E-state index contributed by atoms with van der Waals surface area (Å²) in [7, 11) is 2.06. The molecular formula is C16H24N4O2. The number of amides is 2. The van der Waals surface area contributed by atoms with Crippen molar-refractivity contribution in [2.45, 2.75) is 19.4 Å². The van der Waals surface area contributed by atoms with Crippen LogP contribution < -0.4 is 11.1 Å². The van der Waals surface area contributed by atoms with Gasteiger partial charge in [-0.3, -0.25) is 9.59 Å². The number of likely N-dealkylation sites (N-methyl/N-ethyl adjacent to an activating group) is 1. The van der Waals surface area contributed by atoms with Gasteiger partial charge >= 0.3 is 0 Å². The normalized spacial score (nSPS) is 17.1. The molecule has 0 spiro atoms. The Kier molecular flexibility index (Phi) is 5.51. The molecule has 0 aromatic heterocycles. The van der Waals surface area contributed by atoms with Crippen molar-refractivity contribution >= 4 is 17.5 Å². The van der Waals surface area contributed by atoms with Gasteiger partial charge in [-0.15, -0.1) is 0 Å². The van der Waals surface area contributed by atoms with Gasteiger partial charge in [0.1, 0.15) is 0 Å². The number of carbonyl (C=O) groups is 2.